The van der Waals surface area contributed by atoms with Gasteiger partial charge < -0.3 is 14.9 Å². The van der Waals surface area contributed by atoms with Crippen LogP contribution >= 0.6 is 0 Å². The summed E-state index contributed by atoms with van der Waals surface area (Å²) in [7, 11) is 0. The molecular formula is C22H27N3O4. The third kappa shape index (κ3) is 4.68. The van der Waals surface area contributed by atoms with Crippen molar-refractivity contribution in [2.75, 3.05) is 0 Å². The van der Waals surface area contributed by atoms with Gasteiger partial charge in [0.2, 0.25) is 0 Å². The summed E-state index contributed by atoms with van der Waals surface area (Å²) < 4.78 is 7.07. The average molecular weight is 397 g/mol. The number of benzene rings is 2. The van der Waals surface area contributed by atoms with E-state index in [-0.39, 0.29) is 29.2 Å². The van der Waals surface area contributed by atoms with Gasteiger partial charge in [0.05, 0.1) is 24.8 Å². The highest BCUT2D eigenvalue weighted by atomic mass is 16.5. The number of nitrogens with one attached hydrogen (secondary N) is 1. The van der Waals surface area contributed by atoms with Crippen molar-refractivity contribution in [1.82, 2.24) is 14.8 Å². The van der Waals surface area contributed by atoms with E-state index in [0.717, 1.165) is 11.1 Å². The maximum Gasteiger partial charge on any atom is 0.343 e. The number of aromatic amines is 1. The summed E-state index contributed by atoms with van der Waals surface area (Å²) >= 11 is 0. The van der Waals surface area contributed by atoms with E-state index in [0.29, 0.717) is 30.1 Å². The van der Waals surface area contributed by atoms with Crippen molar-refractivity contribution in [3.63, 3.8) is 0 Å². The Morgan fingerprint density at radius 2 is 1.69 bits per heavy atom. The quantitative estimate of drug-likeness (QED) is 0.564. The van der Waals surface area contributed by atoms with Gasteiger partial charge in [-0.05, 0) is 42.5 Å². The van der Waals surface area contributed by atoms with Crippen LogP contribution in [0.2, 0.25) is 0 Å². The smallest absolute Gasteiger partial charge is 0.343 e. The van der Waals surface area contributed by atoms with Gasteiger partial charge in [-0.3, -0.25) is 4.57 Å². The zero-order valence-electron chi connectivity index (χ0n) is 17.1. The first-order valence-corrected chi connectivity index (χ1v) is 9.67. The second kappa shape index (κ2) is 8.53. The van der Waals surface area contributed by atoms with E-state index in [2.05, 4.69) is 10.2 Å². The Bertz CT molecular complexity index is 1030. The standard InChI is InChI=1S/C22H27N3O4/c1-13(2)17-9-18(20(27)10-19(17)26)21-23-24-22(28)25(21)11-15-5-7-16(8-6-15)12-29-14(3)4/h5-10,13-14,26-27H,11-12H2,1-4H3,(H,24,28). The topological polar surface area (TPSA) is 100 Å². The fourth-order valence-corrected chi connectivity index (χ4v) is 3.09. The Labute approximate surface area is 169 Å². The lowest BCUT2D eigenvalue weighted by Gasteiger charge is -2.13. The number of aromatic hydroxyl groups is 2. The van der Waals surface area contributed by atoms with Gasteiger partial charge >= 0.3 is 5.69 Å². The van der Waals surface area contributed by atoms with E-state index in [1.54, 1.807) is 6.07 Å². The van der Waals surface area contributed by atoms with Gasteiger partial charge in [-0.25, -0.2) is 9.89 Å². The molecule has 0 saturated carbocycles. The largest absolute Gasteiger partial charge is 0.508 e. The number of hydrogen-bond donors (Lipinski definition) is 3. The Kier molecular flexibility index (Phi) is 6.08. The molecule has 0 spiro atoms. The lowest BCUT2D eigenvalue weighted by Crippen LogP contribution is -2.18. The van der Waals surface area contributed by atoms with Gasteiger partial charge in [0, 0.05) is 6.07 Å². The molecule has 0 saturated heterocycles. The average Bonchev–Trinajstić information content (AvgIpc) is 3.01. The number of phenols is 2. The van der Waals surface area contributed by atoms with Crippen molar-refractivity contribution in [2.24, 2.45) is 0 Å². The fourth-order valence-electron chi connectivity index (χ4n) is 3.09. The Hall–Kier alpha value is -3.06. The molecule has 7 nitrogen and oxygen atoms in total. The van der Waals surface area contributed by atoms with Crippen LogP contribution in [0.3, 0.4) is 0 Å². The van der Waals surface area contributed by atoms with Crippen LogP contribution in [0.5, 0.6) is 11.5 Å². The first kappa shape index (κ1) is 20.7. The van der Waals surface area contributed by atoms with Crippen LogP contribution in [-0.4, -0.2) is 31.1 Å². The first-order valence-electron chi connectivity index (χ1n) is 9.67. The second-order valence-electron chi connectivity index (χ2n) is 7.70. The van der Waals surface area contributed by atoms with Crippen molar-refractivity contribution in [3.05, 3.63) is 63.6 Å². The summed E-state index contributed by atoms with van der Waals surface area (Å²) in [5.41, 5.74) is 2.68. The molecule has 2 aromatic carbocycles. The minimum Gasteiger partial charge on any atom is -0.508 e. The van der Waals surface area contributed by atoms with Crippen LogP contribution in [-0.2, 0) is 17.9 Å². The molecule has 1 heterocycles. The van der Waals surface area contributed by atoms with Crippen LogP contribution < -0.4 is 5.69 Å². The van der Waals surface area contributed by atoms with E-state index in [1.165, 1.54) is 10.6 Å². The lowest BCUT2D eigenvalue weighted by atomic mass is 9.98. The van der Waals surface area contributed by atoms with Gasteiger partial charge in [0.25, 0.3) is 0 Å². The van der Waals surface area contributed by atoms with Gasteiger partial charge in [-0.1, -0.05) is 38.1 Å². The molecule has 3 aromatic rings. The SMILES string of the molecule is CC(C)OCc1ccc(Cn2c(-c3cc(C(C)C)c(O)cc3O)n[nH]c2=O)cc1. The third-order valence-electron chi connectivity index (χ3n) is 4.71. The predicted molar refractivity (Wildman–Crippen MR) is 111 cm³/mol. The van der Waals surface area contributed by atoms with E-state index >= 15 is 0 Å². The molecule has 0 atom stereocenters. The normalized spacial score (nSPS) is 11.5. The van der Waals surface area contributed by atoms with Crippen LogP contribution in [0.4, 0.5) is 0 Å². The van der Waals surface area contributed by atoms with Gasteiger partial charge in [0.1, 0.15) is 11.5 Å². The number of H-pyrrole nitrogens is 1. The van der Waals surface area contributed by atoms with Gasteiger partial charge in [0.15, 0.2) is 5.82 Å². The molecule has 3 N–H and O–H groups in total. The Balaban J connectivity index is 1.91. The van der Waals surface area contributed by atoms with Gasteiger partial charge in [-0.15, -0.1) is 0 Å². The fraction of sp³-hybridized carbons (Fsp3) is 0.364. The van der Waals surface area contributed by atoms with Crippen LogP contribution in [0.1, 0.15) is 50.3 Å². The van der Waals surface area contributed by atoms with Crippen molar-refractivity contribution in [1.29, 1.82) is 0 Å². The lowest BCUT2D eigenvalue weighted by molar-refractivity contribution is 0.0657. The number of rotatable bonds is 7. The molecule has 0 aliphatic carbocycles. The predicted octanol–water partition coefficient (Wildman–Crippen LogP) is 3.75. The summed E-state index contributed by atoms with van der Waals surface area (Å²) in [6, 6.07) is 10.8. The van der Waals surface area contributed by atoms with E-state index in [4.69, 9.17) is 4.74 Å². The van der Waals surface area contributed by atoms with Crippen LogP contribution in [0, 0.1) is 0 Å². The monoisotopic (exact) mass is 397 g/mol. The first-order chi connectivity index (χ1) is 13.8. The van der Waals surface area contributed by atoms with E-state index in [9.17, 15) is 15.0 Å². The van der Waals surface area contributed by atoms with Crippen molar-refractivity contribution >= 4 is 0 Å². The maximum atomic E-state index is 12.4. The van der Waals surface area contributed by atoms with Crippen molar-refractivity contribution < 1.29 is 14.9 Å². The molecular weight excluding hydrogens is 370 g/mol. The summed E-state index contributed by atoms with van der Waals surface area (Å²) in [5.74, 6) is 0.258. The van der Waals surface area contributed by atoms with E-state index in [1.807, 2.05) is 52.0 Å². The number of ether oxygens (including phenoxy) is 1. The highest BCUT2D eigenvalue weighted by molar-refractivity contribution is 5.67. The zero-order chi connectivity index (χ0) is 21.1. The maximum absolute atomic E-state index is 12.4. The zero-order valence-corrected chi connectivity index (χ0v) is 17.1. The molecule has 3 rings (SSSR count). The molecule has 7 heteroatoms. The molecule has 0 aliphatic heterocycles. The summed E-state index contributed by atoms with van der Waals surface area (Å²) in [6.45, 7) is 8.70. The van der Waals surface area contributed by atoms with Gasteiger partial charge in [-0.2, -0.15) is 5.10 Å². The van der Waals surface area contributed by atoms with E-state index < -0.39 is 0 Å². The second-order valence-corrected chi connectivity index (χ2v) is 7.70. The number of hydrogen-bond acceptors (Lipinski definition) is 5. The summed E-state index contributed by atoms with van der Waals surface area (Å²) in [4.78, 5) is 12.4. The highest BCUT2D eigenvalue weighted by Gasteiger charge is 2.18. The Morgan fingerprint density at radius 3 is 2.31 bits per heavy atom. The number of nitrogens with zero attached hydrogens (tertiary/aromatic N) is 2. The molecule has 0 aliphatic rings. The van der Waals surface area contributed by atoms with Crippen molar-refractivity contribution in [3.8, 4) is 22.9 Å². The summed E-state index contributed by atoms with van der Waals surface area (Å²) in [6.07, 6.45) is 0.162. The van der Waals surface area contributed by atoms with Crippen molar-refractivity contribution in [2.45, 2.75) is 52.9 Å². The minimum absolute atomic E-state index is 0.0184. The highest BCUT2D eigenvalue weighted by Crippen LogP contribution is 2.36. The summed E-state index contributed by atoms with van der Waals surface area (Å²) in [5, 5.41) is 27.0. The molecule has 0 bridgehead atoms. The molecule has 0 unspecified atom stereocenters. The number of aromatic nitrogens is 3. The molecule has 29 heavy (non-hydrogen) atoms. The van der Waals surface area contributed by atoms with Crippen LogP contribution in [0.25, 0.3) is 11.4 Å². The minimum atomic E-state index is -0.370. The van der Waals surface area contributed by atoms with Crippen LogP contribution in [0.15, 0.2) is 41.2 Å². The number of phenolic OH excluding ortho intramolecular Hbond substituents is 2. The molecule has 0 amide bonds. The third-order valence-corrected chi connectivity index (χ3v) is 4.71. The molecule has 154 valence electrons. The molecule has 1 aromatic heterocycles. The Morgan fingerprint density at radius 1 is 1.03 bits per heavy atom. The molecule has 0 fully saturated rings. The molecule has 0 radical (unpaired) electrons.